The summed E-state index contributed by atoms with van der Waals surface area (Å²) in [5.41, 5.74) is 2.77. The zero-order chi connectivity index (χ0) is 18.1. The van der Waals surface area contributed by atoms with Crippen molar-refractivity contribution in [2.75, 3.05) is 6.61 Å². The van der Waals surface area contributed by atoms with Crippen molar-refractivity contribution in [3.63, 3.8) is 0 Å². The Kier molecular flexibility index (Phi) is 5.91. The zero-order valence-electron chi connectivity index (χ0n) is 14.1. The van der Waals surface area contributed by atoms with Gasteiger partial charge in [-0.05, 0) is 47.1 Å². The minimum Gasteiger partial charge on any atom is -0.462 e. The van der Waals surface area contributed by atoms with Gasteiger partial charge in [-0.3, -0.25) is 0 Å². The Labute approximate surface area is 158 Å². The Bertz CT molecular complexity index is 746. The summed E-state index contributed by atoms with van der Waals surface area (Å²) in [6.07, 6.45) is 0. The minimum absolute atomic E-state index is 0.241. The third-order valence-electron chi connectivity index (χ3n) is 3.61. The van der Waals surface area contributed by atoms with E-state index in [0.717, 1.165) is 17.1 Å². The molecule has 3 nitrogen and oxygen atoms in total. The summed E-state index contributed by atoms with van der Waals surface area (Å²) < 4.78 is 21.3. The molecule has 0 bridgehead atoms. The minimum atomic E-state index is -0.370. The van der Waals surface area contributed by atoms with Crippen LogP contribution in [0.1, 0.15) is 49.4 Å². The molecule has 0 amide bonds. The van der Waals surface area contributed by atoms with Gasteiger partial charge >= 0.3 is 5.97 Å². The predicted molar refractivity (Wildman–Crippen MR) is 101 cm³/mol. The summed E-state index contributed by atoms with van der Waals surface area (Å²) in [6, 6.07) is 6.24. The van der Waals surface area contributed by atoms with Crippen LogP contribution in [0.5, 0.6) is 0 Å². The number of carbonyl (C=O) groups excluding carboxylic acids is 1. The second-order valence-electron chi connectivity index (χ2n) is 6.40. The zero-order valence-corrected chi connectivity index (χ0v) is 17.3. The maximum absolute atomic E-state index is 13.3. The first-order valence-corrected chi connectivity index (χ1v) is 9.56. The van der Waals surface area contributed by atoms with E-state index in [-0.39, 0.29) is 17.2 Å². The number of aromatic nitrogens is 1. The van der Waals surface area contributed by atoms with Crippen molar-refractivity contribution in [3.8, 4) is 5.69 Å². The lowest BCUT2D eigenvalue weighted by atomic mass is 9.91. The number of ether oxygens (including phenoxy) is 1. The molecule has 0 aliphatic rings. The molecule has 24 heavy (non-hydrogen) atoms. The largest absolute Gasteiger partial charge is 0.462 e. The third-order valence-corrected chi connectivity index (χ3v) is 4.91. The number of rotatable bonds is 4. The highest BCUT2D eigenvalue weighted by molar-refractivity contribution is 9.10. The summed E-state index contributed by atoms with van der Waals surface area (Å²) in [5.74, 6) is -0.668. The maximum Gasteiger partial charge on any atom is 0.341 e. The van der Waals surface area contributed by atoms with E-state index >= 15 is 0 Å². The van der Waals surface area contributed by atoms with Gasteiger partial charge in [0, 0.05) is 27.8 Å². The smallest absolute Gasteiger partial charge is 0.341 e. The molecule has 0 unspecified atom stereocenters. The highest BCUT2D eigenvalue weighted by Gasteiger charge is 2.32. The molecule has 0 radical (unpaired) electrons. The van der Waals surface area contributed by atoms with Gasteiger partial charge in [0.25, 0.3) is 0 Å². The molecule has 0 saturated heterocycles. The molecule has 130 valence electrons. The quantitative estimate of drug-likeness (QED) is 0.429. The van der Waals surface area contributed by atoms with Crippen LogP contribution >= 0.6 is 31.9 Å². The molecule has 0 atom stereocenters. The van der Waals surface area contributed by atoms with Crippen molar-refractivity contribution in [3.05, 3.63) is 51.5 Å². The van der Waals surface area contributed by atoms with Crippen LogP contribution in [0.15, 0.2) is 28.7 Å². The maximum atomic E-state index is 13.3. The first-order chi connectivity index (χ1) is 11.2. The van der Waals surface area contributed by atoms with Crippen molar-refractivity contribution in [1.29, 1.82) is 0 Å². The SMILES string of the molecule is CCOC(=O)c1c(Br)c(C(C)(C)C)n(-c2ccc(F)cc2)c1CBr. The monoisotopic (exact) mass is 459 g/mol. The van der Waals surface area contributed by atoms with Crippen LogP contribution < -0.4 is 0 Å². The van der Waals surface area contributed by atoms with Crippen molar-refractivity contribution >= 4 is 37.8 Å². The van der Waals surface area contributed by atoms with E-state index in [2.05, 4.69) is 52.6 Å². The number of hydrogen-bond acceptors (Lipinski definition) is 2. The van der Waals surface area contributed by atoms with Crippen molar-refractivity contribution < 1.29 is 13.9 Å². The second-order valence-corrected chi connectivity index (χ2v) is 7.75. The van der Waals surface area contributed by atoms with E-state index in [0.29, 0.717) is 22.0 Å². The third kappa shape index (κ3) is 3.59. The Balaban J connectivity index is 2.82. The van der Waals surface area contributed by atoms with Gasteiger partial charge in [-0.1, -0.05) is 36.7 Å². The number of hydrogen-bond donors (Lipinski definition) is 0. The van der Waals surface area contributed by atoms with Gasteiger partial charge in [0.1, 0.15) is 5.82 Å². The number of benzene rings is 1. The Morgan fingerprint density at radius 2 is 1.83 bits per heavy atom. The molecule has 2 aromatic rings. The van der Waals surface area contributed by atoms with E-state index in [1.807, 2.05) is 4.57 Å². The molecule has 6 heteroatoms. The lowest BCUT2D eigenvalue weighted by Crippen LogP contribution is -2.18. The van der Waals surface area contributed by atoms with E-state index < -0.39 is 0 Å². The molecule has 0 aliphatic heterocycles. The number of carbonyl (C=O) groups is 1. The molecule has 1 aromatic heterocycles. The average molecular weight is 461 g/mol. The van der Waals surface area contributed by atoms with Crippen LogP contribution in [0, 0.1) is 5.82 Å². The van der Waals surface area contributed by atoms with Crippen LogP contribution in [0.3, 0.4) is 0 Å². The molecular formula is C18H20Br2FNO2. The number of nitrogens with zero attached hydrogens (tertiary/aromatic N) is 1. The fourth-order valence-electron chi connectivity index (χ4n) is 2.67. The van der Waals surface area contributed by atoms with Gasteiger partial charge in [0.2, 0.25) is 0 Å². The van der Waals surface area contributed by atoms with E-state index in [4.69, 9.17) is 4.74 Å². The lowest BCUT2D eigenvalue weighted by molar-refractivity contribution is 0.0524. The van der Waals surface area contributed by atoms with Crippen molar-refractivity contribution in [2.24, 2.45) is 0 Å². The fraction of sp³-hybridized carbons (Fsp3) is 0.389. The molecule has 0 fully saturated rings. The van der Waals surface area contributed by atoms with Gasteiger partial charge in [0.15, 0.2) is 0 Å². The van der Waals surface area contributed by atoms with Gasteiger partial charge in [0.05, 0.1) is 16.6 Å². The Morgan fingerprint density at radius 1 is 1.25 bits per heavy atom. The van der Waals surface area contributed by atoms with E-state index in [1.54, 1.807) is 19.1 Å². The lowest BCUT2D eigenvalue weighted by Gasteiger charge is -2.23. The molecule has 2 rings (SSSR count). The molecule has 1 heterocycles. The van der Waals surface area contributed by atoms with Crippen molar-refractivity contribution in [2.45, 2.75) is 38.4 Å². The number of esters is 1. The molecular weight excluding hydrogens is 441 g/mol. The van der Waals surface area contributed by atoms with E-state index in [1.165, 1.54) is 12.1 Å². The summed E-state index contributed by atoms with van der Waals surface area (Å²) in [6.45, 7) is 8.29. The Hall–Kier alpha value is -1.14. The molecule has 0 spiro atoms. The standard InChI is InChI=1S/C18H20Br2FNO2/c1-5-24-17(23)14-13(10-19)22(12-8-6-11(21)7-9-12)16(15(14)20)18(2,3)4/h6-9H,5,10H2,1-4H3. The van der Waals surface area contributed by atoms with Crippen LogP contribution in [0.2, 0.25) is 0 Å². The first-order valence-electron chi connectivity index (χ1n) is 7.64. The van der Waals surface area contributed by atoms with Crippen molar-refractivity contribution in [1.82, 2.24) is 4.57 Å². The van der Waals surface area contributed by atoms with Crippen LogP contribution in [0.4, 0.5) is 4.39 Å². The first kappa shape index (κ1) is 19.2. The molecule has 0 aliphatic carbocycles. The van der Waals surface area contributed by atoms with Crippen LogP contribution in [-0.4, -0.2) is 17.1 Å². The fourth-order valence-corrected chi connectivity index (χ4v) is 4.36. The van der Waals surface area contributed by atoms with Crippen LogP contribution in [0.25, 0.3) is 5.69 Å². The summed E-state index contributed by atoms with van der Waals surface area (Å²) in [7, 11) is 0. The van der Waals surface area contributed by atoms with E-state index in [9.17, 15) is 9.18 Å². The predicted octanol–water partition coefficient (Wildman–Crippen LogP) is 5.75. The summed E-state index contributed by atoms with van der Waals surface area (Å²) in [4.78, 5) is 12.5. The topological polar surface area (TPSA) is 31.2 Å². The molecule has 1 aromatic carbocycles. The number of halogens is 3. The second kappa shape index (κ2) is 7.40. The van der Waals surface area contributed by atoms with Gasteiger partial charge in [-0.15, -0.1) is 0 Å². The average Bonchev–Trinajstić information content (AvgIpc) is 2.80. The highest BCUT2D eigenvalue weighted by Crippen LogP contribution is 2.39. The number of alkyl halides is 1. The van der Waals surface area contributed by atoms with Gasteiger partial charge in [-0.25, -0.2) is 9.18 Å². The van der Waals surface area contributed by atoms with Crippen LogP contribution in [-0.2, 0) is 15.5 Å². The summed E-state index contributed by atoms with van der Waals surface area (Å²) in [5, 5.41) is 0.465. The normalized spacial score (nSPS) is 11.6. The highest BCUT2D eigenvalue weighted by atomic mass is 79.9. The summed E-state index contributed by atoms with van der Waals surface area (Å²) >= 11 is 7.08. The Morgan fingerprint density at radius 3 is 2.29 bits per heavy atom. The molecule has 0 saturated carbocycles. The molecule has 0 N–H and O–H groups in total. The van der Waals surface area contributed by atoms with Gasteiger partial charge < -0.3 is 9.30 Å². The van der Waals surface area contributed by atoms with Gasteiger partial charge in [-0.2, -0.15) is 0 Å².